The molecule has 0 spiro atoms. The van der Waals surface area contributed by atoms with Crippen molar-refractivity contribution in [2.75, 3.05) is 5.32 Å². The molecule has 1 aromatic heterocycles. The molecule has 0 saturated heterocycles. The number of amides is 3. The molecule has 0 fully saturated rings. The highest BCUT2D eigenvalue weighted by molar-refractivity contribution is 6.06. The van der Waals surface area contributed by atoms with E-state index in [-0.39, 0.29) is 0 Å². The van der Waals surface area contributed by atoms with Gasteiger partial charge in [-0.05, 0) is 29.8 Å². The third kappa shape index (κ3) is 3.32. The Balaban J connectivity index is 1.73. The number of rotatable bonds is 4. The number of anilines is 1. The van der Waals surface area contributed by atoms with Gasteiger partial charge in [-0.1, -0.05) is 48.5 Å². The number of urea groups is 1. The molecule has 6 nitrogen and oxygen atoms in total. The van der Waals surface area contributed by atoms with E-state index in [4.69, 9.17) is 10.2 Å². The van der Waals surface area contributed by atoms with Crippen molar-refractivity contribution in [2.24, 2.45) is 5.73 Å². The first kappa shape index (κ1) is 16.7. The van der Waals surface area contributed by atoms with Gasteiger partial charge in [0.2, 0.25) is 0 Å². The maximum absolute atomic E-state index is 12.5. The molecule has 1 heterocycles. The van der Waals surface area contributed by atoms with Crippen molar-refractivity contribution in [3.8, 4) is 0 Å². The molecule has 4 rings (SSSR count). The molecule has 3 amide bonds. The van der Waals surface area contributed by atoms with Crippen LogP contribution in [0.3, 0.4) is 0 Å². The first-order valence-corrected chi connectivity index (χ1v) is 8.45. The summed E-state index contributed by atoms with van der Waals surface area (Å²) in [5.74, 6) is -0.522. The van der Waals surface area contributed by atoms with Gasteiger partial charge in [-0.25, -0.2) is 4.79 Å². The number of furan rings is 1. The van der Waals surface area contributed by atoms with Gasteiger partial charge >= 0.3 is 6.03 Å². The highest BCUT2D eigenvalue weighted by Crippen LogP contribution is 2.31. The van der Waals surface area contributed by atoms with Crippen LogP contribution in [0.4, 0.5) is 10.5 Å². The molecule has 0 aliphatic rings. The van der Waals surface area contributed by atoms with Crippen molar-refractivity contribution in [3.63, 3.8) is 0 Å². The van der Waals surface area contributed by atoms with Crippen molar-refractivity contribution in [1.82, 2.24) is 5.32 Å². The van der Waals surface area contributed by atoms with Gasteiger partial charge in [0.15, 0.2) is 0 Å². The Morgan fingerprint density at radius 3 is 2.33 bits per heavy atom. The summed E-state index contributed by atoms with van der Waals surface area (Å²) in [6, 6.07) is 20.8. The lowest BCUT2D eigenvalue weighted by Crippen LogP contribution is -2.40. The first-order chi connectivity index (χ1) is 13.1. The van der Waals surface area contributed by atoms with Gasteiger partial charge in [-0.2, -0.15) is 0 Å². The van der Waals surface area contributed by atoms with Gasteiger partial charge in [0.05, 0.1) is 0 Å². The third-order valence-corrected chi connectivity index (χ3v) is 4.33. The van der Waals surface area contributed by atoms with E-state index in [1.54, 1.807) is 0 Å². The fourth-order valence-electron chi connectivity index (χ4n) is 3.12. The second-order valence-electron chi connectivity index (χ2n) is 6.15. The number of hydrogen-bond acceptors (Lipinski definition) is 4. The Bertz CT molecular complexity index is 1140. The summed E-state index contributed by atoms with van der Waals surface area (Å²) in [5, 5.41) is 7.26. The molecular weight excluding hydrogens is 342 g/mol. The van der Waals surface area contributed by atoms with E-state index in [1.165, 1.54) is 0 Å². The standard InChI is InChI=1S/C21H17N3O3/c22-21(26)24-20(25)19(13-6-2-1-3-7-13)23-14-10-11-18-16(12-14)15-8-4-5-9-17(15)27-18/h1-12,19,23H,(H3,22,24,25,26)/t19-/m1/s1. The predicted octanol–water partition coefficient (Wildman–Crippen LogP) is 3.93. The van der Waals surface area contributed by atoms with E-state index >= 15 is 0 Å². The number of imide groups is 1. The number of benzene rings is 3. The van der Waals surface area contributed by atoms with E-state index in [2.05, 4.69) is 10.6 Å². The lowest BCUT2D eigenvalue weighted by Gasteiger charge is -2.19. The van der Waals surface area contributed by atoms with Gasteiger partial charge in [0.1, 0.15) is 17.2 Å². The molecule has 0 aliphatic carbocycles. The number of hydrogen-bond donors (Lipinski definition) is 3. The molecule has 27 heavy (non-hydrogen) atoms. The number of nitrogens with two attached hydrogens (primary N) is 1. The lowest BCUT2D eigenvalue weighted by molar-refractivity contribution is -0.120. The molecule has 6 heteroatoms. The maximum Gasteiger partial charge on any atom is 0.318 e. The molecule has 0 bridgehead atoms. The number of carbonyl (C=O) groups excluding carboxylic acids is 2. The van der Waals surface area contributed by atoms with Crippen LogP contribution >= 0.6 is 0 Å². The summed E-state index contributed by atoms with van der Waals surface area (Å²) in [6.07, 6.45) is 0. The van der Waals surface area contributed by atoms with E-state index in [0.29, 0.717) is 5.56 Å². The Hall–Kier alpha value is -3.80. The summed E-state index contributed by atoms with van der Waals surface area (Å²) in [4.78, 5) is 23.6. The zero-order valence-electron chi connectivity index (χ0n) is 14.3. The van der Waals surface area contributed by atoms with Crippen molar-refractivity contribution in [3.05, 3.63) is 78.4 Å². The number of nitrogens with one attached hydrogen (secondary N) is 2. The molecule has 0 aliphatic heterocycles. The SMILES string of the molecule is NC(=O)NC(=O)[C@H](Nc1ccc2oc3ccccc3c2c1)c1ccccc1. The van der Waals surface area contributed by atoms with Crippen molar-refractivity contribution >= 4 is 39.6 Å². The highest BCUT2D eigenvalue weighted by atomic mass is 16.3. The highest BCUT2D eigenvalue weighted by Gasteiger charge is 2.22. The van der Waals surface area contributed by atoms with Crippen LogP contribution in [0.5, 0.6) is 0 Å². The fourth-order valence-corrected chi connectivity index (χ4v) is 3.12. The van der Waals surface area contributed by atoms with Crippen LogP contribution < -0.4 is 16.4 Å². The number of primary amides is 1. The molecular formula is C21H17N3O3. The average molecular weight is 359 g/mol. The zero-order valence-corrected chi connectivity index (χ0v) is 14.3. The molecule has 1 atom stereocenters. The second kappa shape index (κ2) is 6.84. The fraction of sp³-hybridized carbons (Fsp3) is 0.0476. The summed E-state index contributed by atoms with van der Waals surface area (Å²) < 4.78 is 5.83. The smallest absolute Gasteiger partial charge is 0.318 e. The first-order valence-electron chi connectivity index (χ1n) is 8.45. The minimum atomic E-state index is -0.890. The lowest BCUT2D eigenvalue weighted by atomic mass is 10.1. The van der Waals surface area contributed by atoms with E-state index in [9.17, 15) is 9.59 Å². The Morgan fingerprint density at radius 1 is 0.852 bits per heavy atom. The van der Waals surface area contributed by atoms with Crippen molar-refractivity contribution in [2.45, 2.75) is 6.04 Å². The normalized spacial score (nSPS) is 12.0. The Kier molecular flexibility index (Phi) is 4.22. The molecule has 4 N–H and O–H groups in total. The van der Waals surface area contributed by atoms with Gasteiger partial charge in [-0.15, -0.1) is 0 Å². The van der Waals surface area contributed by atoms with Gasteiger partial charge in [-0.3, -0.25) is 10.1 Å². The predicted molar refractivity (Wildman–Crippen MR) is 104 cm³/mol. The molecule has 3 aromatic carbocycles. The number of fused-ring (bicyclic) bond motifs is 3. The summed E-state index contributed by atoms with van der Waals surface area (Å²) in [5.41, 5.74) is 8.12. The van der Waals surface area contributed by atoms with E-state index < -0.39 is 18.0 Å². The van der Waals surface area contributed by atoms with Gasteiger partial charge < -0.3 is 15.5 Å². The number of carbonyl (C=O) groups is 2. The van der Waals surface area contributed by atoms with Crippen molar-refractivity contribution < 1.29 is 14.0 Å². The van der Waals surface area contributed by atoms with E-state index in [1.807, 2.05) is 72.8 Å². The molecule has 0 unspecified atom stereocenters. The Labute approximate surface area is 155 Å². The molecule has 0 saturated carbocycles. The average Bonchev–Trinajstić information content (AvgIpc) is 3.04. The number of para-hydroxylation sites is 1. The summed E-state index contributed by atoms with van der Waals surface area (Å²) in [6.45, 7) is 0. The van der Waals surface area contributed by atoms with Crippen LogP contribution in [0.15, 0.2) is 77.2 Å². The summed E-state index contributed by atoms with van der Waals surface area (Å²) >= 11 is 0. The van der Waals surface area contributed by atoms with E-state index in [0.717, 1.165) is 27.6 Å². The minimum Gasteiger partial charge on any atom is -0.456 e. The van der Waals surface area contributed by atoms with Crippen LogP contribution in [0.2, 0.25) is 0 Å². The second-order valence-corrected chi connectivity index (χ2v) is 6.15. The molecule has 0 radical (unpaired) electrons. The van der Waals surface area contributed by atoms with Crippen LogP contribution in [0, 0.1) is 0 Å². The van der Waals surface area contributed by atoms with Crippen LogP contribution in [0.1, 0.15) is 11.6 Å². The monoisotopic (exact) mass is 359 g/mol. The molecule has 134 valence electrons. The topological polar surface area (TPSA) is 97.4 Å². The zero-order chi connectivity index (χ0) is 18.8. The van der Waals surface area contributed by atoms with Crippen molar-refractivity contribution in [1.29, 1.82) is 0 Å². The molecule has 4 aromatic rings. The van der Waals surface area contributed by atoms with Gasteiger partial charge in [0.25, 0.3) is 5.91 Å². The largest absolute Gasteiger partial charge is 0.456 e. The Morgan fingerprint density at radius 2 is 1.56 bits per heavy atom. The minimum absolute atomic E-state index is 0.522. The van der Waals surface area contributed by atoms with Crippen LogP contribution in [-0.2, 0) is 4.79 Å². The van der Waals surface area contributed by atoms with Crippen LogP contribution in [-0.4, -0.2) is 11.9 Å². The van der Waals surface area contributed by atoms with Crippen LogP contribution in [0.25, 0.3) is 21.9 Å². The van der Waals surface area contributed by atoms with Gasteiger partial charge in [0, 0.05) is 16.5 Å². The maximum atomic E-state index is 12.5. The third-order valence-electron chi connectivity index (χ3n) is 4.33. The summed E-state index contributed by atoms with van der Waals surface area (Å²) in [7, 11) is 0. The quantitative estimate of drug-likeness (QED) is 0.514.